The van der Waals surface area contributed by atoms with Crippen molar-refractivity contribution in [3.8, 4) is 0 Å². The van der Waals surface area contributed by atoms with Gasteiger partial charge in [-0.3, -0.25) is 0 Å². The fraction of sp³-hybridized carbons (Fsp3) is 0.957. The number of nitrogens with one attached hydrogen (secondary N) is 1. The summed E-state index contributed by atoms with van der Waals surface area (Å²) >= 11 is 0. The van der Waals surface area contributed by atoms with E-state index >= 15 is 0 Å². The van der Waals surface area contributed by atoms with Crippen molar-refractivity contribution in [3.05, 3.63) is 0 Å². The summed E-state index contributed by atoms with van der Waals surface area (Å²) in [7, 11) is 0. The van der Waals surface area contributed by atoms with E-state index in [-0.39, 0.29) is 27.7 Å². The van der Waals surface area contributed by atoms with Crippen LogP contribution in [0.15, 0.2) is 0 Å². The van der Waals surface area contributed by atoms with E-state index in [2.05, 4.69) is 95.3 Å². The van der Waals surface area contributed by atoms with Crippen molar-refractivity contribution in [2.24, 2.45) is 21.7 Å². The number of nitrogens with zero attached hydrogens (tertiary/aromatic N) is 1. The highest BCUT2D eigenvalue weighted by molar-refractivity contribution is 5.65. The smallest absolute Gasteiger partial charge is 0.137 e. The molecule has 0 spiro atoms. The standard InChI is InChI=1S/C23H46N2O2/c1-16-14-15-25(17(26)27)23(20(8,9)10,21(11,12)13)22(24-16,18(2,3)4)19(5,6)7/h16,24H,14-15H2,1-13H3,(H,26,27)/p-1. The Hall–Kier alpha value is -0.770. The van der Waals surface area contributed by atoms with Crippen LogP contribution in [0.25, 0.3) is 0 Å². The molecule has 4 nitrogen and oxygen atoms in total. The Bertz CT molecular complexity index is 525. The zero-order chi connectivity index (χ0) is 21.9. The molecule has 1 heterocycles. The van der Waals surface area contributed by atoms with Crippen LogP contribution in [0, 0.1) is 21.7 Å². The van der Waals surface area contributed by atoms with Gasteiger partial charge >= 0.3 is 0 Å². The van der Waals surface area contributed by atoms with Crippen molar-refractivity contribution in [2.75, 3.05) is 6.54 Å². The van der Waals surface area contributed by atoms with E-state index in [1.807, 2.05) is 0 Å². The van der Waals surface area contributed by atoms with E-state index in [4.69, 9.17) is 0 Å². The maximum absolute atomic E-state index is 12.7. The molecule has 0 radical (unpaired) electrons. The molecular formula is C23H45N2O2-. The van der Waals surface area contributed by atoms with Gasteiger partial charge in [0.2, 0.25) is 0 Å². The maximum Gasteiger partial charge on any atom is 0.137 e. The van der Waals surface area contributed by atoms with Crippen LogP contribution in [0.3, 0.4) is 0 Å². The minimum Gasteiger partial charge on any atom is -0.530 e. The lowest BCUT2D eigenvalue weighted by Gasteiger charge is -2.74. The first kappa shape index (κ1) is 24.3. The van der Waals surface area contributed by atoms with Gasteiger partial charge in [0, 0.05) is 12.6 Å². The van der Waals surface area contributed by atoms with E-state index in [0.29, 0.717) is 6.54 Å². The second-order valence-electron chi connectivity index (χ2n) is 12.7. The molecule has 1 saturated heterocycles. The van der Waals surface area contributed by atoms with E-state index in [1.54, 1.807) is 4.90 Å². The summed E-state index contributed by atoms with van der Waals surface area (Å²) in [5.41, 5.74) is -2.28. The quantitative estimate of drug-likeness (QED) is 0.663. The molecule has 0 saturated carbocycles. The van der Waals surface area contributed by atoms with Crippen LogP contribution in [0.5, 0.6) is 0 Å². The molecule has 1 unspecified atom stereocenters. The molecular weight excluding hydrogens is 336 g/mol. The van der Waals surface area contributed by atoms with Gasteiger partial charge in [-0.2, -0.15) is 0 Å². The van der Waals surface area contributed by atoms with E-state index in [9.17, 15) is 9.90 Å². The Morgan fingerprint density at radius 3 is 1.48 bits per heavy atom. The minimum absolute atomic E-state index is 0.205. The average molecular weight is 382 g/mol. The molecule has 1 atom stereocenters. The van der Waals surface area contributed by atoms with Crippen molar-refractivity contribution in [1.82, 2.24) is 10.2 Å². The van der Waals surface area contributed by atoms with Crippen LogP contribution in [-0.4, -0.2) is 34.7 Å². The number of carbonyl (C=O) groups excluding carboxylic acids is 1. The number of carbonyl (C=O) groups is 1. The first-order valence-electron chi connectivity index (χ1n) is 10.4. The normalized spacial score (nSPS) is 24.5. The summed E-state index contributed by atoms with van der Waals surface area (Å²) < 4.78 is 0. The first-order chi connectivity index (χ1) is 11.7. The van der Waals surface area contributed by atoms with Gasteiger partial charge in [0.05, 0.1) is 11.1 Å². The number of hydrogen-bond acceptors (Lipinski definition) is 3. The Labute approximate surface area is 168 Å². The third kappa shape index (κ3) is 3.30. The van der Waals surface area contributed by atoms with Gasteiger partial charge in [0.15, 0.2) is 0 Å². The lowest BCUT2D eigenvalue weighted by Crippen LogP contribution is -2.87. The molecule has 1 amide bonds. The minimum atomic E-state index is -1.06. The predicted molar refractivity (Wildman–Crippen MR) is 113 cm³/mol. The van der Waals surface area contributed by atoms with Crippen LogP contribution >= 0.6 is 0 Å². The molecule has 4 heteroatoms. The molecule has 1 N–H and O–H groups in total. The molecule has 1 fully saturated rings. The summed E-state index contributed by atoms with van der Waals surface area (Å²) in [6, 6.07) is 0.205. The Morgan fingerprint density at radius 1 is 0.852 bits per heavy atom. The van der Waals surface area contributed by atoms with E-state index < -0.39 is 17.2 Å². The molecule has 0 bridgehead atoms. The highest BCUT2D eigenvalue weighted by Gasteiger charge is 2.73. The third-order valence-corrected chi connectivity index (χ3v) is 6.84. The summed E-state index contributed by atoms with van der Waals surface area (Å²) in [5, 5.41) is 16.7. The fourth-order valence-electron chi connectivity index (χ4n) is 7.17. The second kappa shape index (κ2) is 6.64. The average Bonchev–Trinajstić information content (AvgIpc) is 2.50. The predicted octanol–water partition coefficient (Wildman–Crippen LogP) is 4.68. The van der Waals surface area contributed by atoms with Gasteiger partial charge in [0.1, 0.15) is 6.09 Å². The fourth-order valence-corrected chi connectivity index (χ4v) is 7.17. The first-order valence-corrected chi connectivity index (χ1v) is 10.4. The van der Waals surface area contributed by atoms with Crippen LogP contribution in [0.1, 0.15) is 96.4 Å². The molecule has 1 rings (SSSR count). The van der Waals surface area contributed by atoms with Crippen molar-refractivity contribution in [3.63, 3.8) is 0 Å². The molecule has 0 aliphatic carbocycles. The number of rotatable bonds is 0. The SMILES string of the molecule is CC1CCN(C(=O)[O-])C(C(C)(C)C)(C(C)(C)C)C(C(C)(C)C)(C(C)(C)C)N1. The van der Waals surface area contributed by atoms with Crippen LogP contribution < -0.4 is 10.4 Å². The van der Waals surface area contributed by atoms with Crippen molar-refractivity contribution >= 4 is 6.09 Å². The number of hydrogen-bond donors (Lipinski definition) is 1. The Morgan fingerprint density at radius 2 is 1.22 bits per heavy atom. The zero-order valence-corrected chi connectivity index (χ0v) is 20.3. The molecule has 0 aromatic carbocycles. The largest absolute Gasteiger partial charge is 0.530 e. The van der Waals surface area contributed by atoms with Gasteiger partial charge in [-0.05, 0) is 35.0 Å². The Kier molecular flexibility index (Phi) is 5.97. The third-order valence-electron chi connectivity index (χ3n) is 6.84. The summed E-state index contributed by atoms with van der Waals surface area (Å²) in [5.74, 6) is 0. The van der Waals surface area contributed by atoms with Gasteiger partial charge in [0.25, 0.3) is 0 Å². The lowest BCUT2D eigenvalue weighted by atomic mass is 9.40. The molecule has 160 valence electrons. The zero-order valence-electron chi connectivity index (χ0n) is 20.3. The van der Waals surface area contributed by atoms with Gasteiger partial charge in [-0.15, -0.1) is 0 Å². The maximum atomic E-state index is 12.7. The van der Waals surface area contributed by atoms with Gasteiger partial charge in [-0.25, -0.2) is 0 Å². The van der Waals surface area contributed by atoms with Crippen molar-refractivity contribution < 1.29 is 9.90 Å². The second-order valence-corrected chi connectivity index (χ2v) is 12.7. The molecule has 1 aliphatic rings. The highest BCUT2D eigenvalue weighted by atomic mass is 16.4. The lowest BCUT2D eigenvalue weighted by molar-refractivity contribution is -0.294. The molecule has 0 aromatic heterocycles. The molecule has 0 aromatic rings. The number of amides is 1. The van der Waals surface area contributed by atoms with Crippen molar-refractivity contribution in [2.45, 2.75) is 114 Å². The monoisotopic (exact) mass is 381 g/mol. The van der Waals surface area contributed by atoms with Crippen LogP contribution in [-0.2, 0) is 0 Å². The topological polar surface area (TPSA) is 55.4 Å². The Balaban J connectivity index is 4.34. The van der Waals surface area contributed by atoms with Gasteiger partial charge in [-0.1, -0.05) is 83.1 Å². The summed E-state index contributed by atoms with van der Waals surface area (Å²) in [6.45, 7) is 29.3. The van der Waals surface area contributed by atoms with Gasteiger partial charge < -0.3 is 20.1 Å². The van der Waals surface area contributed by atoms with Crippen LogP contribution in [0.4, 0.5) is 4.79 Å². The van der Waals surface area contributed by atoms with E-state index in [1.165, 1.54) is 0 Å². The van der Waals surface area contributed by atoms with E-state index in [0.717, 1.165) is 6.42 Å². The molecule has 1 aliphatic heterocycles. The number of carboxylic acid groups (broad SMARTS) is 1. The summed E-state index contributed by atoms with van der Waals surface area (Å²) in [6.07, 6.45) is -0.288. The summed E-state index contributed by atoms with van der Waals surface area (Å²) in [4.78, 5) is 14.3. The highest BCUT2D eigenvalue weighted by Crippen LogP contribution is 2.65. The van der Waals surface area contributed by atoms with Crippen LogP contribution in [0.2, 0.25) is 0 Å². The molecule has 27 heavy (non-hydrogen) atoms. The van der Waals surface area contributed by atoms with Crippen molar-refractivity contribution in [1.29, 1.82) is 0 Å².